The minimum absolute atomic E-state index is 0.0661. The van der Waals surface area contributed by atoms with Gasteiger partial charge in [0.05, 0.1) is 0 Å². The number of aromatic nitrogens is 1. The van der Waals surface area contributed by atoms with Crippen LogP contribution < -0.4 is 10.1 Å². The lowest BCUT2D eigenvalue weighted by Gasteiger charge is -2.50. The van der Waals surface area contributed by atoms with Crippen LogP contribution in [-0.2, 0) is 26.5 Å². The second-order valence-corrected chi connectivity index (χ2v) is 10.6. The van der Waals surface area contributed by atoms with Gasteiger partial charge < -0.3 is 19.7 Å². The first-order valence-electron chi connectivity index (χ1n) is 13.5. The molecule has 7 nitrogen and oxygen atoms in total. The highest BCUT2D eigenvalue weighted by atomic mass is 19.4. The SMILES string of the molecule is CO[C@@](C(=O)N1CCC2(CC1)CC(=O)NCC2c1ccccc1OCc1ccncc1)(c1ccccc1)C(F)(F)F. The van der Waals surface area contributed by atoms with E-state index in [-0.39, 0.29) is 36.9 Å². The average molecular weight is 568 g/mol. The van der Waals surface area contributed by atoms with Crippen molar-refractivity contribution in [3.05, 3.63) is 95.8 Å². The van der Waals surface area contributed by atoms with Crippen molar-refractivity contribution in [1.82, 2.24) is 15.2 Å². The molecule has 41 heavy (non-hydrogen) atoms. The Labute approximate surface area is 236 Å². The average Bonchev–Trinajstić information content (AvgIpc) is 2.98. The standard InChI is InChI=1S/C31H32F3N3O4/c1-40-30(31(32,33)34,23-7-3-2-4-8-23)28(39)37-17-13-29(14-18-37)19-27(38)36-20-25(29)24-9-5-6-10-26(24)41-21-22-11-15-35-16-12-22/h2-12,15-16,25H,13-14,17-21H2,1H3,(H,36,38)/t25?,30-/m1/s1. The summed E-state index contributed by atoms with van der Waals surface area (Å²) < 4.78 is 54.9. The summed E-state index contributed by atoms with van der Waals surface area (Å²) in [6, 6.07) is 18.4. The fourth-order valence-electron chi connectivity index (χ4n) is 6.22. The van der Waals surface area contributed by atoms with E-state index in [1.165, 1.54) is 29.2 Å². The van der Waals surface area contributed by atoms with Crippen LogP contribution in [-0.4, -0.2) is 54.6 Å². The molecular weight excluding hydrogens is 535 g/mol. The number of rotatable bonds is 7. The van der Waals surface area contributed by atoms with Crippen LogP contribution in [0.25, 0.3) is 0 Å². The zero-order chi connectivity index (χ0) is 29.1. The van der Waals surface area contributed by atoms with Crippen LogP contribution in [0, 0.1) is 5.41 Å². The summed E-state index contributed by atoms with van der Waals surface area (Å²) in [7, 11) is 0.911. The van der Waals surface area contributed by atoms with Crippen LogP contribution in [0.2, 0.25) is 0 Å². The first-order valence-corrected chi connectivity index (χ1v) is 13.5. The quantitative estimate of drug-likeness (QED) is 0.436. The zero-order valence-electron chi connectivity index (χ0n) is 22.7. The smallest absolute Gasteiger partial charge is 0.430 e. The van der Waals surface area contributed by atoms with E-state index >= 15 is 0 Å². The predicted molar refractivity (Wildman–Crippen MR) is 145 cm³/mol. The van der Waals surface area contributed by atoms with Gasteiger partial charge in [0.2, 0.25) is 5.91 Å². The number of piperidine rings is 2. The number of hydrogen-bond donors (Lipinski definition) is 1. The summed E-state index contributed by atoms with van der Waals surface area (Å²) in [4.78, 5) is 31.5. The Kier molecular flexibility index (Phi) is 8.04. The summed E-state index contributed by atoms with van der Waals surface area (Å²) in [6.07, 6.45) is -0.649. The molecule has 3 heterocycles. The Balaban J connectivity index is 1.40. The highest BCUT2D eigenvalue weighted by Gasteiger charge is 2.64. The van der Waals surface area contributed by atoms with Crippen molar-refractivity contribution in [2.24, 2.45) is 5.41 Å². The largest absolute Gasteiger partial charge is 0.489 e. The van der Waals surface area contributed by atoms with Crippen molar-refractivity contribution in [3.8, 4) is 5.75 Å². The second-order valence-electron chi connectivity index (χ2n) is 10.6. The summed E-state index contributed by atoms with van der Waals surface area (Å²) in [5, 5.41) is 2.96. The molecule has 2 aliphatic heterocycles. The van der Waals surface area contributed by atoms with E-state index in [1.807, 2.05) is 36.4 Å². The molecule has 3 aromatic rings. The molecule has 0 aliphatic carbocycles. The van der Waals surface area contributed by atoms with Gasteiger partial charge >= 0.3 is 6.18 Å². The summed E-state index contributed by atoms with van der Waals surface area (Å²) in [5.41, 5.74) is -2.05. The number of amides is 2. The Hall–Kier alpha value is -3.92. The van der Waals surface area contributed by atoms with Crippen molar-refractivity contribution in [3.63, 3.8) is 0 Å². The van der Waals surface area contributed by atoms with Crippen LogP contribution in [0.15, 0.2) is 79.1 Å². The normalized spacial score (nSPS) is 20.2. The maximum atomic E-state index is 14.5. The number of nitrogens with one attached hydrogen (secondary N) is 1. The summed E-state index contributed by atoms with van der Waals surface area (Å²) in [5.74, 6) is -0.716. The Morgan fingerprint density at radius 1 is 1.02 bits per heavy atom. The Bertz CT molecular complexity index is 1360. The van der Waals surface area contributed by atoms with E-state index in [0.717, 1.165) is 18.2 Å². The number of nitrogens with zero attached hydrogens (tertiary/aromatic N) is 2. The second kappa shape index (κ2) is 11.5. The summed E-state index contributed by atoms with van der Waals surface area (Å²) >= 11 is 0. The number of pyridine rings is 1. The number of halogens is 3. The third-order valence-electron chi connectivity index (χ3n) is 8.43. The van der Waals surface area contributed by atoms with Gasteiger partial charge in [-0.25, -0.2) is 0 Å². The van der Waals surface area contributed by atoms with E-state index in [2.05, 4.69) is 10.3 Å². The molecule has 1 aromatic heterocycles. The molecule has 2 aliphatic rings. The molecule has 2 atom stereocenters. The number of para-hydroxylation sites is 1. The van der Waals surface area contributed by atoms with E-state index in [1.54, 1.807) is 18.5 Å². The highest BCUT2D eigenvalue weighted by Crippen LogP contribution is 2.52. The number of alkyl halides is 3. The third kappa shape index (κ3) is 5.40. The van der Waals surface area contributed by atoms with E-state index in [4.69, 9.17) is 9.47 Å². The number of ether oxygens (including phenoxy) is 2. The Morgan fingerprint density at radius 2 is 1.68 bits per heavy atom. The van der Waals surface area contributed by atoms with Gasteiger partial charge in [0.15, 0.2) is 0 Å². The molecule has 0 bridgehead atoms. The van der Waals surface area contributed by atoms with Gasteiger partial charge in [-0.05, 0) is 47.6 Å². The maximum absolute atomic E-state index is 14.5. The van der Waals surface area contributed by atoms with Gasteiger partial charge in [0.1, 0.15) is 12.4 Å². The van der Waals surface area contributed by atoms with Crippen molar-refractivity contribution in [2.75, 3.05) is 26.7 Å². The number of likely N-dealkylation sites (tertiary alicyclic amines) is 1. The fourth-order valence-corrected chi connectivity index (χ4v) is 6.22. The molecule has 2 saturated heterocycles. The molecule has 5 rings (SSSR count). The Morgan fingerprint density at radius 3 is 2.34 bits per heavy atom. The molecule has 216 valence electrons. The van der Waals surface area contributed by atoms with Crippen LogP contribution in [0.5, 0.6) is 5.75 Å². The number of carbonyl (C=O) groups is 2. The van der Waals surface area contributed by atoms with Gasteiger partial charge in [-0.3, -0.25) is 14.6 Å². The van der Waals surface area contributed by atoms with Crippen molar-refractivity contribution >= 4 is 11.8 Å². The predicted octanol–water partition coefficient (Wildman–Crippen LogP) is 4.98. The van der Waals surface area contributed by atoms with Gasteiger partial charge in [0, 0.05) is 57.0 Å². The lowest BCUT2D eigenvalue weighted by molar-refractivity contribution is -0.271. The number of carbonyl (C=O) groups excluding carboxylic acids is 2. The first kappa shape index (κ1) is 28.6. The fraction of sp³-hybridized carbons (Fsp3) is 0.387. The van der Waals surface area contributed by atoms with Gasteiger partial charge in [-0.15, -0.1) is 0 Å². The van der Waals surface area contributed by atoms with Crippen molar-refractivity contribution in [1.29, 1.82) is 0 Å². The monoisotopic (exact) mass is 567 g/mol. The zero-order valence-corrected chi connectivity index (χ0v) is 22.7. The van der Waals surface area contributed by atoms with Crippen molar-refractivity contribution < 1.29 is 32.2 Å². The van der Waals surface area contributed by atoms with E-state index in [0.29, 0.717) is 31.7 Å². The van der Waals surface area contributed by atoms with Crippen LogP contribution in [0.3, 0.4) is 0 Å². The van der Waals surface area contributed by atoms with E-state index < -0.39 is 23.1 Å². The topological polar surface area (TPSA) is 80.8 Å². The molecule has 0 radical (unpaired) electrons. The number of benzene rings is 2. The number of methoxy groups -OCH3 is 1. The van der Waals surface area contributed by atoms with Crippen LogP contribution in [0.4, 0.5) is 13.2 Å². The molecule has 1 N–H and O–H groups in total. The van der Waals surface area contributed by atoms with E-state index in [9.17, 15) is 22.8 Å². The molecule has 2 fully saturated rings. The highest BCUT2D eigenvalue weighted by molar-refractivity contribution is 5.88. The molecular formula is C31H32F3N3O4. The molecule has 10 heteroatoms. The molecule has 0 saturated carbocycles. The minimum Gasteiger partial charge on any atom is -0.489 e. The minimum atomic E-state index is -4.98. The lowest BCUT2D eigenvalue weighted by atomic mass is 9.62. The van der Waals surface area contributed by atoms with Crippen molar-refractivity contribution in [2.45, 2.75) is 43.6 Å². The van der Waals surface area contributed by atoms with Crippen LogP contribution >= 0.6 is 0 Å². The maximum Gasteiger partial charge on any atom is 0.430 e. The van der Waals surface area contributed by atoms with Crippen LogP contribution in [0.1, 0.15) is 41.9 Å². The first-order chi connectivity index (χ1) is 19.7. The van der Waals surface area contributed by atoms with Gasteiger partial charge in [0.25, 0.3) is 11.5 Å². The van der Waals surface area contributed by atoms with Gasteiger partial charge in [-0.1, -0.05) is 48.5 Å². The molecule has 1 spiro atoms. The third-order valence-corrected chi connectivity index (χ3v) is 8.43. The number of hydrogen-bond acceptors (Lipinski definition) is 5. The molecule has 2 amide bonds. The molecule has 2 aromatic carbocycles. The summed E-state index contributed by atoms with van der Waals surface area (Å²) in [6.45, 7) is 0.842. The lowest BCUT2D eigenvalue weighted by Crippen LogP contribution is -2.60. The molecule has 1 unspecified atom stereocenters. The van der Waals surface area contributed by atoms with Gasteiger partial charge in [-0.2, -0.15) is 13.2 Å².